The van der Waals surface area contributed by atoms with Crippen LogP contribution in [0.2, 0.25) is 0 Å². The van der Waals surface area contributed by atoms with Crippen molar-refractivity contribution in [3.8, 4) is 0 Å². The topological polar surface area (TPSA) is 26.8 Å². The molecule has 0 N–H and O–H groups in total. The molecule has 2 aromatic rings. The van der Waals surface area contributed by atoms with Crippen molar-refractivity contribution in [1.29, 1.82) is 0 Å². The number of hydrogen-bond donors (Lipinski definition) is 0. The normalized spacial score (nSPS) is 15.8. The Balaban J connectivity index is 1.48. The molecule has 0 bridgehead atoms. The summed E-state index contributed by atoms with van der Waals surface area (Å²) in [5.74, 6) is 0.227. The molecule has 4 nitrogen and oxygen atoms in total. The summed E-state index contributed by atoms with van der Waals surface area (Å²) in [6.07, 6.45) is 0. The van der Waals surface area contributed by atoms with Gasteiger partial charge in [0.1, 0.15) is 0 Å². The maximum atomic E-state index is 12.9. The summed E-state index contributed by atoms with van der Waals surface area (Å²) in [5, 5.41) is 0. The van der Waals surface area contributed by atoms with Crippen molar-refractivity contribution in [2.45, 2.75) is 33.0 Å². The SMILES string of the molecule is CC(C)N(Cc1ccccc1)C(=O)CN1CCN(Cc2ccccc2)CC1. The molecule has 0 aromatic heterocycles. The molecule has 0 aliphatic carbocycles. The molecule has 1 fully saturated rings. The first-order chi connectivity index (χ1) is 13.1. The third kappa shape index (κ3) is 5.91. The molecule has 0 saturated carbocycles. The monoisotopic (exact) mass is 365 g/mol. The Morgan fingerprint density at radius 3 is 1.93 bits per heavy atom. The highest BCUT2D eigenvalue weighted by Crippen LogP contribution is 2.12. The van der Waals surface area contributed by atoms with Crippen LogP contribution in [-0.2, 0) is 17.9 Å². The van der Waals surface area contributed by atoms with E-state index < -0.39 is 0 Å². The molecule has 27 heavy (non-hydrogen) atoms. The predicted molar refractivity (Wildman–Crippen MR) is 110 cm³/mol. The predicted octanol–water partition coefficient (Wildman–Crippen LogP) is 3.24. The van der Waals surface area contributed by atoms with Gasteiger partial charge in [0.2, 0.25) is 5.91 Å². The zero-order chi connectivity index (χ0) is 19.1. The molecule has 0 unspecified atom stereocenters. The van der Waals surface area contributed by atoms with E-state index in [9.17, 15) is 4.79 Å². The van der Waals surface area contributed by atoms with Crippen molar-refractivity contribution in [1.82, 2.24) is 14.7 Å². The average molecular weight is 366 g/mol. The van der Waals surface area contributed by atoms with Crippen LogP contribution in [-0.4, -0.2) is 59.4 Å². The van der Waals surface area contributed by atoms with Crippen molar-refractivity contribution in [2.24, 2.45) is 0 Å². The van der Waals surface area contributed by atoms with Gasteiger partial charge in [0.05, 0.1) is 6.54 Å². The first-order valence-electron chi connectivity index (χ1n) is 9.94. The van der Waals surface area contributed by atoms with Crippen molar-refractivity contribution >= 4 is 5.91 Å². The molecule has 0 radical (unpaired) electrons. The number of amides is 1. The number of nitrogens with zero attached hydrogens (tertiary/aromatic N) is 3. The summed E-state index contributed by atoms with van der Waals surface area (Å²) in [6.45, 7) is 10.3. The van der Waals surface area contributed by atoms with E-state index in [0.29, 0.717) is 13.1 Å². The zero-order valence-electron chi connectivity index (χ0n) is 16.6. The molecule has 2 aromatic carbocycles. The van der Waals surface area contributed by atoms with E-state index in [1.165, 1.54) is 11.1 Å². The molecule has 1 heterocycles. The smallest absolute Gasteiger partial charge is 0.237 e. The molecule has 0 spiro atoms. The van der Waals surface area contributed by atoms with E-state index >= 15 is 0 Å². The second kappa shape index (κ2) is 9.67. The summed E-state index contributed by atoms with van der Waals surface area (Å²) in [7, 11) is 0. The number of benzene rings is 2. The van der Waals surface area contributed by atoms with Crippen molar-refractivity contribution in [3.05, 3.63) is 71.8 Å². The number of hydrogen-bond acceptors (Lipinski definition) is 3. The number of piperazine rings is 1. The van der Waals surface area contributed by atoms with Gasteiger partial charge in [-0.05, 0) is 25.0 Å². The quantitative estimate of drug-likeness (QED) is 0.754. The van der Waals surface area contributed by atoms with Gasteiger partial charge in [0, 0.05) is 45.3 Å². The molecule has 1 amide bonds. The summed E-state index contributed by atoms with van der Waals surface area (Å²) < 4.78 is 0. The van der Waals surface area contributed by atoms with Crippen LogP contribution in [0.15, 0.2) is 60.7 Å². The van der Waals surface area contributed by atoms with Gasteiger partial charge in [0.25, 0.3) is 0 Å². The van der Waals surface area contributed by atoms with Crippen molar-refractivity contribution in [3.63, 3.8) is 0 Å². The minimum atomic E-state index is 0.206. The van der Waals surface area contributed by atoms with Crippen LogP contribution in [0.5, 0.6) is 0 Å². The fourth-order valence-corrected chi connectivity index (χ4v) is 3.57. The fraction of sp³-hybridized carbons (Fsp3) is 0.435. The summed E-state index contributed by atoms with van der Waals surface area (Å²) >= 11 is 0. The van der Waals surface area contributed by atoms with E-state index in [0.717, 1.165) is 32.7 Å². The Kier molecular flexibility index (Phi) is 7.02. The molecule has 1 aliphatic rings. The van der Waals surface area contributed by atoms with E-state index in [2.05, 4.69) is 66.1 Å². The van der Waals surface area contributed by atoms with Gasteiger partial charge in [-0.15, -0.1) is 0 Å². The lowest BCUT2D eigenvalue weighted by atomic mass is 10.1. The number of carbonyl (C=O) groups excluding carboxylic acids is 1. The lowest BCUT2D eigenvalue weighted by molar-refractivity contribution is -0.135. The minimum absolute atomic E-state index is 0.206. The highest BCUT2D eigenvalue weighted by molar-refractivity contribution is 5.78. The lowest BCUT2D eigenvalue weighted by Gasteiger charge is -2.36. The Morgan fingerprint density at radius 1 is 0.852 bits per heavy atom. The highest BCUT2D eigenvalue weighted by Gasteiger charge is 2.23. The average Bonchev–Trinajstić information content (AvgIpc) is 2.69. The van der Waals surface area contributed by atoms with E-state index in [1.54, 1.807) is 0 Å². The first-order valence-corrected chi connectivity index (χ1v) is 9.94. The maximum absolute atomic E-state index is 12.9. The largest absolute Gasteiger partial charge is 0.335 e. The molecule has 144 valence electrons. The number of rotatable bonds is 7. The Hall–Kier alpha value is -2.17. The van der Waals surface area contributed by atoms with Gasteiger partial charge < -0.3 is 4.90 Å². The number of carbonyl (C=O) groups is 1. The van der Waals surface area contributed by atoms with Crippen LogP contribution in [0.25, 0.3) is 0 Å². The first kappa shape index (κ1) is 19.6. The molecule has 0 atom stereocenters. The maximum Gasteiger partial charge on any atom is 0.237 e. The Morgan fingerprint density at radius 2 is 1.37 bits per heavy atom. The molecule has 4 heteroatoms. The van der Waals surface area contributed by atoms with Gasteiger partial charge in [-0.2, -0.15) is 0 Å². The fourth-order valence-electron chi connectivity index (χ4n) is 3.57. The third-order valence-corrected chi connectivity index (χ3v) is 5.21. The second-order valence-electron chi connectivity index (χ2n) is 7.64. The summed E-state index contributed by atoms with van der Waals surface area (Å²) in [4.78, 5) is 19.7. The van der Waals surface area contributed by atoms with Crippen LogP contribution < -0.4 is 0 Å². The van der Waals surface area contributed by atoms with Crippen LogP contribution >= 0.6 is 0 Å². The summed E-state index contributed by atoms with van der Waals surface area (Å²) in [5.41, 5.74) is 2.54. The highest BCUT2D eigenvalue weighted by atomic mass is 16.2. The molecule has 1 aliphatic heterocycles. The van der Waals surface area contributed by atoms with Crippen LogP contribution in [0.3, 0.4) is 0 Å². The lowest BCUT2D eigenvalue weighted by Crippen LogP contribution is -2.50. The van der Waals surface area contributed by atoms with Crippen LogP contribution in [0, 0.1) is 0 Å². The Labute approximate surface area is 163 Å². The third-order valence-electron chi connectivity index (χ3n) is 5.21. The van der Waals surface area contributed by atoms with Gasteiger partial charge in [-0.25, -0.2) is 0 Å². The van der Waals surface area contributed by atoms with Crippen LogP contribution in [0.1, 0.15) is 25.0 Å². The van der Waals surface area contributed by atoms with Gasteiger partial charge >= 0.3 is 0 Å². The van der Waals surface area contributed by atoms with Gasteiger partial charge in [0.15, 0.2) is 0 Å². The summed E-state index contributed by atoms with van der Waals surface area (Å²) in [6, 6.07) is 21.1. The van der Waals surface area contributed by atoms with Gasteiger partial charge in [-0.3, -0.25) is 14.6 Å². The molecular formula is C23H31N3O. The van der Waals surface area contributed by atoms with E-state index in [-0.39, 0.29) is 11.9 Å². The second-order valence-corrected chi connectivity index (χ2v) is 7.64. The standard InChI is InChI=1S/C23H31N3O/c1-20(2)26(18-22-11-7-4-8-12-22)23(27)19-25-15-13-24(14-16-25)17-21-9-5-3-6-10-21/h3-12,20H,13-19H2,1-2H3. The molecular weight excluding hydrogens is 334 g/mol. The molecule has 3 rings (SSSR count). The van der Waals surface area contributed by atoms with E-state index in [1.807, 2.05) is 23.1 Å². The minimum Gasteiger partial charge on any atom is -0.335 e. The van der Waals surface area contributed by atoms with Crippen molar-refractivity contribution in [2.75, 3.05) is 32.7 Å². The Bertz CT molecular complexity index is 694. The zero-order valence-corrected chi connectivity index (χ0v) is 16.6. The van der Waals surface area contributed by atoms with Crippen molar-refractivity contribution < 1.29 is 4.79 Å². The van der Waals surface area contributed by atoms with Gasteiger partial charge in [-0.1, -0.05) is 60.7 Å². The molecule has 1 saturated heterocycles. The van der Waals surface area contributed by atoms with E-state index in [4.69, 9.17) is 0 Å². The van der Waals surface area contributed by atoms with Crippen LogP contribution in [0.4, 0.5) is 0 Å².